The van der Waals surface area contributed by atoms with E-state index in [1.54, 1.807) is 38.2 Å². The van der Waals surface area contributed by atoms with Gasteiger partial charge >= 0.3 is 6.18 Å². The minimum Gasteiger partial charge on any atom is -0.354 e. The van der Waals surface area contributed by atoms with E-state index in [0.29, 0.717) is 33.3 Å². The maximum Gasteiger partial charge on any atom is 0.397 e. The highest BCUT2D eigenvalue weighted by Gasteiger charge is 2.49. The van der Waals surface area contributed by atoms with Gasteiger partial charge in [0.2, 0.25) is 0 Å². The second kappa shape index (κ2) is 5.97. The molecular weight excluding hydrogens is 341 g/mol. The first kappa shape index (κ1) is 18.2. The van der Waals surface area contributed by atoms with Crippen LogP contribution < -0.4 is 5.43 Å². The fourth-order valence-electron chi connectivity index (χ4n) is 3.17. The van der Waals surface area contributed by atoms with Gasteiger partial charge in [-0.25, -0.2) is 0 Å². The maximum atomic E-state index is 13.4. The summed E-state index contributed by atoms with van der Waals surface area (Å²) < 4.78 is 40.3. The molecule has 1 N–H and O–H groups in total. The number of fused-ring (bicyclic) bond motifs is 1. The average molecular weight is 360 g/mol. The number of aryl methyl sites for hydroxylation is 2. The standard InChI is InChI=1S/C20H19F3N2O/c1-11-8-15(19(3,4)20(21,22)23)12(2)7-13(11)17-9-18(26)14-10-24-6-5-16(14)25-17/h5-10H,1-4H3,(H,25,26). The number of aromatic nitrogens is 2. The normalized spacial score (nSPS) is 12.6. The second-order valence-corrected chi connectivity index (χ2v) is 7.07. The summed E-state index contributed by atoms with van der Waals surface area (Å²) in [5, 5.41) is 0.473. The van der Waals surface area contributed by atoms with Crippen LogP contribution >= 0.6 is 0 Å². The number of nitrogens with zero attached hydrogens (tertiary/aromatic N) is 1. The number of aromatic amines is 1. The number of H-pyrrole nitrogens is 1. The third kappa shape index (κ3) is 2.89. The van der Waals surface area contributed by atoms with E-state index < -0.39 is 11.6 Å². The molecule has 0 spiro atoms. The molecule has 0 fully saturated rings. The van der Waals surface area contributed by atoms with Crippen molar-refractivity contribution in [2.24, 2.45) is 0 Å². The Balaban J connectivity index is 2.20. The molecule has 0 radical (unpaired) electrons. The molecule has 0 bridgehead atoms. The Kier molecular flexibility index (Phi) is 4.17. The van der Waals surface area contributed by atoms with Crippen LogP contribution in [-0.2, 0) is 5.41 Å². The number of pyridine rings is 2. The van der Waals surface area contributed by atoms with Gasteiger partial charge < -0.3 is 4.98 Å². The minimum atomic E-state index is -4.35. The maximum absolute atomic E-state index is 13.4. The van der Waals surface area contributed by atoms with Crippen molar-refractivity contribution in [2.75, 3.05) is 0 Å². The van der Waals surface area contributed by atoms with Crippen molar-refractivity contribution in [1.82, 2.24) is 9.97 Å². The SMILES string of the molecule is Cc1cc(C(C)(C)C(F)(F)F)c(C)cc1-c1cc(=O)c2cnccc2[nH]1. The van der Waals surface area contributed by atoms with Crippen LogP contribution in [0.1, 0.15) is 30.5 Å². The molecule has 0 saturated heterocycles. The summed E-state index contributed by atoms with van der Waals surface area (Å²) in [6.07, 6.45) is -1.28. The van der Waals surface area contributed by atoms with E-state index in [1.807, 2.05) is 0 Å². The Labute approximate surface area is 148 Å². The van der Waals surface area contributed by atoms with Crippen molar-refractivity contribution in [3.63, 3.8) is 0 Å². The molecule has 1 aromatic carbocycles. The lowest BCUT2D eigenvalue weighted by atomic mass is 9.79. The van der Waals surface area contributed by atoms with Crippen LogP contribution in [-0.4, -0.2) is 16.1 Å². The Morgan fingerprint density at radius 1 is 1.04 bits per heavy atom. The van der Waals surface area contributed by atoms with E-state index in [4.69, 9.17) is 0 Å². The van der Waals surface area contributed by atoms with Crippen LogP contribution in [0.4, 0.5) is 13.2 Å². The fourth-order valence-corrected chi connectivity index (χ4v) is 3.17. The largest absolute Gasteiger partial charge is 0.397 e. The number of benzene rings is 1. The van der Waals surface area contributed by atoms with E-state index in [2.05, 4.69) is 9.97 Å². The quantitative estimate of drug-likeness (QED) is 0.695. The number of alkyl halides is 3. The number of nitrogens with one attached hydrogen (secondary N) is 1. The number of hydrogen-bond donors (Lipinski definition) is 1. The third-order valence-electron chi connectivity index (χ3n) is 4.87. The lowest BCUT2D eigenvalue weighted by molar-refractivity contribution is -0.180. The highest BCUT2D eigenvalue weighted by molar-refractivity contribution is 5.81. The number of halogens is 3. The zero-order chi connectivity index (χ0) is 19.3. The molecule has 0 aliphatic carbocycles. The van der Waals surface area contributed by atoms with E-state index in [0.717, 1.165) is 0 Å². The lowest BCUT2D eigenvalue weighted by Crippen LogP contribution is -2.37. The highest BCUT2D eigenvalue weighted by atomic mass is 19.4. The van der Waals surface area contributed by atoms with Crippen molar-refractivity contribution in [3.8, 4) is 11.3 Å². The number of hydrogen-bond acceptors (Lipinski definition) is 2. The van der Waals surface area contributed by atoms with Gasteiger partial charge in [0.1, 0.15) is 0 Å². The summed E-state index contributed by atoms with van der Waals surface area (Å²) in [5.74, 6) is 0. The van der Waals surface area contributed by atoms with Gasteiger partial charge in [-0.3, -0.25) is 9.78 Å². The molecule has 6 heteroatoms. The van der Waals surface area contributed by atoms with Crippen LogP contribution in [0.2, 0.25) is 0 Å². The van der Waals surface area contributed by atoms with E-state index in [-0.39, 0.29) is 11.0 Å². The predicted octanol–water partition coefficient (Wildman–Crippen LogP) is 5.05. The smallest absolute Gasteiger partial charge is 0.354 e. The average Bonchev–Trinajstić information content (AvgIpc) is 2.55. The predicted molar refractivity (Wildman–Crippen MR) is 96.4 cm³/mol. The third-order valence-corrected chi connectivity index (χ3v) is 4.87. The fraction of sp³-hybridized carbons (Fsp3) is 0.300. The number of rotatable bonds is 2. The van der Waals surface area contributed by atoms with E-state index in [9.17, 15) is 18.0 Å². The lowest BCUT2D eigenvalue weighted by Gasteiger charge is -2.30. The van der Waals surface area contributed by atoms with Crippen LogP contribution in [0.3, 0.4) is 0 Å². The molecule has 3 rings (SSSR count). The van der Waals surface area contributed by atoms with Gasteiger partial charge in [-0.2, -0.15) is 13.2 Å². The first-order valence-electron chi connectivity index (χ1n) is 8.18. The van der Waals surface area contributed by atoms with Crippen LogP contribution in [0, 0.1) is 13.8 Å². The Morgan fingerprint density at radius 3 is 2.38 bits per heavy atom. The van der Waals surface area contributed by atoms with Crippen LogP contribution in [0.15, 0.2) is 41.5 Å². The van der Waals surface area contributed by atoms with Gasteiger partial charge in [0.25, 0.3) is 0 Å². The van der Waals surface area contributed by atoms with E-state index in [1.165, 1.54) is 26.1 Å². The van der Waals surface area contributed by atoms with Crippen molar-refractivity contribution in [1.29, 1.82) is 0 Å². The van der Waals surface area contributed by atoms with Crippen molar-refractivity contribution in [2.45, 2.75) is 39.3 Å². The van der Waals surface area contributed by atoms with Gasteiger partial charge in [-0.1, -0.05) is 6.07 Å². The van der Waals surface area contributed by atoms with Crippen LogP contribution in [0.5, 0.6) is 0 Å². The van der Waals surface area contributed by atoms with Crippen molar-refractivity contribution < 1.29 is 13.2 Å². The molecule has 2 aromatic heterocycles. The molecule has 2 heterocycles. The molecule has 136 valence electrons. The summed E-state index contributed by atoms with van der Waals surface area (Å²) in [4.78, 5) is 19.4. The monoisotopic (exact) mass is 360 g/mol. The highest BCUT2D eigenvalue weighted by Crippen LogP contribution is 2.43. The van der Waals surface area contributed by atoms with Crippen molar-refractivity contribution in [3.05, 3.63) is 63.6 Å². The Bertz CT molecular complexity index is 1050. The molecule has 0 atom stereocenters. The molecular formula is C20H19F3N2O. The molecule has 0 unspecified atom stereocenters. The van der Waals surface area contributed by atoms with Gasteiger partial charge in [0.05, 0.1) is 16.3 Å². The first-order valence-corrected chi connectivity index (χ1v) is 8.18. The van der Waals surface area contributed by atoms with Gasteiger partial charge in [0.15, 0.2) is 5.43 Å². The first-order chi connectivity index (χ1) is 12.0. The van der Waals surface area contributed by atoms with Gasteiger partial charge in [-0.05, 0) is 56.5 Å². The van der Waals surface area contributed by atoms with Crippen LogP contribution in [0.25, 0.3) is 22.2 Å². The summed E-state index contributed by atoms with van der Waals surface area (Å²) in [6.45, 7) is 5.77. The second-order valence-electron chi connectivity index (χ2n) is 7.07. The summed E-state index contributed by atoms with van der Waals surface area (Å²) in [7, 11) is 0. The topological polar surface area (TPSA) is 45.8 Å². The van der Waals surface area contributed by atoms with E-state index >= 15 is 0 Å². The molecule has 3 aromatic rings. The Morgan fingerprint density at radius 2 is 1.73 bits per heavy atom. The summed E-state index contributed by atoms with van der Waals surface area (Å²) in [5.41, 5.74) is 1.22. The molecule has 26 heavy (non-hydrogen) atoms. The molecule has 0 aliphatic rings. The minimum absolute atomic E-state index is 0.182. The Hall–Kier alpha value is -2.63. The molecule has 3 nitrogen and oxygen atoms in total. The molecule has 0 amide bonds. The molecule has 0 saturated carbocycles. The zero-order valence-electron chi connectivity index (χ0n) is 15.0. The zero-order valence-corrected chi connectivity index (χ0v) is 15.0. The van der Waals surface area contributed by atoms with Gasteiger partial charge in [-0.15, -0.1) is 0 Å². The summed E-state index contributed by atoms with van der Waals surface area (Å²) >= 11 is 0. The van der Waals surface area contributed by atoms with Crippen molar-refractivity contribution >= 4 is 10.9 Å². The van der Waals surface area contributed by atoms with Gasteiger partial charge in [0, 0.05) is 29.7 Å². The molecule has 0 aliphatic heterocycles. The summed E-state index contributed by atoms with van der Waals surface area (Å²) in [6, 6.07) is 6.42.